The summed E-state index contributed by atoms with van der Waals surface area (Å²) >= 11 is 5.86. The topological polar surface area (TPSA) is 80.1 Å². The van der Waals surface area contributed by atoms with Gasteiger partial charge in [0.2, 0.25) is 11.8 Å². The number of anilines is 2. The van der Waals surface area contributed by atoms with Gasteiger partial charge >= 0.3 is 0 Å². The first-order valence-electron chi connectivity index (χ1n) is 7.19. The van der Waals surface area contributed by atoms with E-state index in [1.165, 1.54) is 0 Å². The lowest BCUT2D eigenvalue weighted by Crippen LogP contribution is -2.28. The Bertz CT molecular complexity index is 756. The van der Waals surface area contributed by atoms with Gasteiger partial charge in [-0.15, -0.1) is 5.10 Å². The number of carbonyl (C=O) groups is 2. The van der Waals surface area contributed by atoms with Gasteiger partial charge in [0.05, 0.1) is 11.6 Å². The Morgan fingerprint density at radius 1 is 1.35 bits per heavy atom. The highest BCUT2D eigenvalue weighted by molar-refractivity contribution is 6.30. The molecule has 7 nitrogen and oxygen atoms in total. The summed E-state index contributed by atoms with van der Waals surface area (Å²) in [5.74, 6) is -0.295. The Morgan fingerprint density at radius 2 is 2.04 bits per heavy atom. The molecule has 1 aromatic heterocycles. The van der Waals surface area contributed by atoms with Gasteiger partial charge in [-0.25, -0.2) is 0 Å². The van der Waals surface area contributed by atoms with E-state index in [1.807, 2.05) is 6.92 Å². The fourth-order valence-electron chi connectivity index (χ4n) is 2.49. The number of rotatable bonds is 3. The van der Waals surface area contributed by atoms with Crippen molar-refractivity contribution >= 4 is 34.9 Å². The van der Waals surface area contributed by atoms with Crippen molar-refractivity contribution in [3.8, 4) is 0 Å². The normalized spacial score (nSPS) is 17.6. The second kappa shape index (κ2) is 6.00. The first-order valence-corrected chi connectivity index (χ1v) is 7.56. The van der Waals surface area contributed by atoms with Gasteiger partial charge in [-0.05, 0) is 31.2 Å². The molecular formula is C15H16ClN5O2. The van der Waals surface area contributed by atoms with Crippen molar-refractivity contribution in [3.05, 3.63) is 35.0 Å². The molecule has 1 atom stereocenters. The van der Waals surface area contributed by atoms with Crippen LogP contribution in [0.2, 0.25) is 5.02 Å². The van der Waals surface area contributed by atoms with E-state index in [0.29, 0.717) is 17.4 Å². The summed E-state index contributed by atoms with van der Waals surface area (Å²) in [6.07, 6.45) is 0.174. The zero-order chi connectivity index (χ0) is 16.6. The van der Waals surface area contributed by atoms with E-state index in [4.69, 9.17) is 11.6 Å². The van der Waals surface area contributed by atoms with E-state index in [1.54, 1.807) is 40.9 Å². The van der Waals surface area contributed by atoms with Gasteiger partial charge in [-0.3, -0.25) is 14.3 Å². The highest BCUT2D eigenvalue weighted by Gasteiger charge is 2.35. The molecule has 0 bridgehead atoms. The quantitative estimate of drug-likeness (QED) is 0.928. The molecule has 120 valence electrons. The summed E-state index contributed by atoms with van der Waals surface area (Å²) in [4.78, 5) is 26.1. The third kappa shape index (κ3) is 3.05. The minimum Gasteiger partial charge on any atom is -0.312 e. The maximum atomic E-state index is 12.4. The molecule has 8 heteroatoms. The maximum absolute atomic E-state index is 12.4. The standard InChI is InChI=1S/C15H16ClN5O2/c1-9-14(18-19-20(9)2)17-15(23)10-7-13(22)21(8-10)12-5-3-11(16)4-6-12/h3-6,10H,7-8H2,1-2H3,(H,17,23). The molecule has 2 amide bonds. The summed E-state index contributed by atoms with van der Waals surface area (Å²) in [6.45, 7) is 2.15. The van der Waals surface area contributed by atoms with Crippen LogP contribution in [0, 0.1) is 12.8 Å². The lowest BCUT2D eigenvalue weighted by atomic mass is 10.1. The van der Waals surface area contributed by atoms with Crippen LogP contribution in [0.25, 0.3) is 0 Å². The minimum atomic E-state index is -0.417. The van der Waals surface area contributed by atoms with Crippen LogP contribution in [0.3, 0.4) is 0 Å². The predicted octanol–water partition coefficient (Wildman–Crippen LogP) is 1.77. The fraction of sp³-hybridized carbons (Fsp3) is 0.333. The van der Waals surface area contributed by atoms with Gasteiger partial charge in [0.25, 0.3) is 0 Å². The molecule has 23 heavy (non-hydrogen) atoms. The van der Waals surface area contributed by atoms with Crippen molar-refractivity contribution in [1.29, 1.82) is 0 Å². The lowest BCUT2D eigenvalue weighted by Gasteiger charge is -2.16. The molecule has 0 saturated carbocycles. The van der Waals surface area contributed by atoms with Gasteiger partial charge in [0.15, 0.2) is 5.82 Å². The Balaban J connectivity index is 1.70. The first kappa shape index (κ1) is 15.5. The first-order chi connectivity index (χ1) is 11.0. The van der Waals surface area contributed by atoms with E-state index in [0.717, 1.165) is 11.4 Å². The molecule has 3 rings (SSSR count). The number of amides is 2. The summed E-state index contributed by atoms with van der Waals surface area (Å²) in [5, 5.41) is 11.1. The number of benzene rings is 1. The third-order valence-electron chi connectivity index (χ3n) is 3.98. The van der Waals surface area contributed by atoms with E-state index >= 15 is 0 Å². The van der Waals surface area contributed by atoms with Gasteiger partial charge in [0, 0.05) is 30.7 Å². The second-order valence-electron chi connectivity index (χ2n) is 5.52. The summed E-state index contributed by atoms with van der Waals surface area (Å²) in [7, 11) is 1.75. The largest absolute Gasteiger partial charge is 0.312 e. The predicted molar refractivity (Wildman–Crippen MR) is 86.3 cm³/mol. The minimum absolute atomic E-state index is 0.0802. The zero-order valence-electron chi connectivity index (χ0n) is 12.8. The fourth-order valence-corrected chi connectivity index (χ4v) is 2.62. The maximum Gasteiger partial charge on any atom is 0.231 e. The van der Waals surface area contributed by atoms with Crippen molar-refractivity contribution in [2.24, 2.45) is 13.0 Å². The van der Waals surface area contributed by atoms with E-state index in [2.05, 4.69) is 15.6 Å². The Labute approximate surface area is 138 Å². The van der Waals surface area contributed by atoms with Crippen LogP contribution in [0.15, 0.2) is 24.3 Å². The van der Waals surface area contributed by atoms with Crippen molar-refractivity contribution in [3.63, 3.8) is 0 Å². The Hall–Kier alpha value is -2.41. The molecule has 1 aliphatic heterocycles. The van der Waals surface area contributed by atoms with Crippen molar-refractivity contribution in [2.45, 2.75) is 13.3 Å². The average Bonchev–Trinajstić information content (AvgIpc) is 3.06. The highest BCUT2D eigenvalue weighted by atomic mass is 35.5. The molecule has 0 spiro atoms. The molecular weight excluding hydrogens is 318 g/mol. The van der Waals surface area contributed by atoms with Crippen LogP contribution in [-0.2, 0) is 16.6 Å². The van der Waals surface area contributed by atoms with Crippen LogP contribution in [0.5, 0.6) is 0 Å². The number of carbonyl (C=O) groups excluding carboxylic acids is 2. The molecule has 1 saturated heterocycles. The highest BCUT2D eigenvalue weighted by Crippen LogP contribution is 2.27. The number of aryl methyl sites for hydroxylation is 1. The summed E-state index contributed by atoms with van der Waals surface area (Å²) in [5.41, 5.74) is 1.50. The number of aromatic nitrogens is 3. The molecule has 1 unspecified atom stereocenters. The number of nitrogens with zero attached hydrogens (tertiary/aromatic N) is 4. The molecule has 0 aliphatic carbocycles. The number of halogens is 1. The molecule has 1 fully saturated rings. The molecule has 0 radical (unpaired) electrons. The average molecular weight is 334 g/mol. The smallest absolute Gasteiger partial charge is 0.231 e. The molecule has 1 aromatic carbocycles. The van der Waals surface area contributed by atoms with Crippen LogP contribution in [0.1, 0.15) is 12.1 Å². The third-order valence-corrected chi connectivity index (χ3v) is 4.23. The summed E-state index contributed by atoms with van der Waals surface area (Å²) < 4.78 is 1.58. The monoisotopic (exact) mass is 333 g/mol. The van der Waals surface area contributed by atoms with Crippen LogP contribution < -0.4 is 10.2 Å². The zero-order valence-corrected chi connectivity index (χ0v) is 13.5. The number of hydrogen-bond acceptors (Lipinski definition) is 4. The van der Waals surface area contributed by atoms with E-state index in [9.17, 15) is 9.59 Å². The molecule has 2 heterocycles. The van der Waals surface area contributed by atoms with Crippen LogP contribution in [-0.4, -0.2) is 33.4 Å². The van der Waals surface area contributed by atoms with E-state index < -0.39 is 5.92 Å². The molecule has 1 N–H and O–H groups in total. The van der Waals surface area contributed by atoms with Crippen molar-refractivity contribution in [1.82, 2.24) is 15.0 Å². The lowest BCUT2D eigenvalue weighted by molar-refractivity contribution is -0.122. The van der Waals surface area contributed by atoms with Crippen molar-refractivity contribution in [2.75, 3.05) is 16.8 Å². The van der Waals surface area contributed by atoms with E-state index in [-0.39, 0.29) is 18.2 Å². The molecule has 2 aromatic rings. The van der Waals surface area contributed by atoms with Crippen LogP contribution in [0.4, 0.5) is 11.5 Å². The summed E-state index contributed by atoms with van der Waals surface area (Å²) in [6, 6.07) is 6.99. The molecule has 1 aliphatic rings. The Kier molecular flexibility index (Phi) is 4.04. The van der Waals surface area contributed by atoms with Gasteiger partial charge in [-0.2, -0.15) is 0 Å². The number of hydrogen-bond donors (Lipinski definition) is 1. The number of nitrogens with one attached hydrogen (secondary N) is 1. The van der Waals surface area contributed by atoms with Crippen molar-refractivity contribution < 1.29 is 9.59 Å². The second-order valence-corrected chi connectivity index (χ2v) is 5.95. The van der Waals surface area contributed by atoms with Gasteiger partial charge < -0.3 is 10.2 Å². The van der Waals surface area contributed by atoms with Gasteiger partial charge in [0.1, 0.15) is 0 Å². The SMILES string of the molecule is Cc1c(NC(=O)C2CC(=O)N(c3ccc(Cl)cc3)C2)nnn1C. The van der Waals surface area contributed by atoms with Gasteiger partial charge in [-0.1, -0.05) is 16.8 Å². The van der Waals surface area contributed by atoms with Crippen LogP contribution >= 0.6 is 11.6 Å². The Morgan fingerprint density at radius 3 is 2.65 bits per heavy atom.